The van der Waals surface area contributed by atoms with Gasteiger partial charge >= 0.3 is 0 Å². The predicted octanol–water partition coefficient (Wildman–Crippen LogP) is 2.37. The Bertz CT molecular complexity index is 1240. The number of rotatable bonds is 6. The fraction of sp³-hybridized carbons (Fsp3) is 0.360. The number of benzene rings is 2. The Morgan fingerprint density at radius 2 is 1.80 bits per heavy atom. The maximum absolute atomic E-state index is 13.6. The second kappa shape index (κ2) is 7.81. The van der Waals surface area contributed by atoms with Crippen LogP contribution >= 0.6 is 0 Å². The molecule has 4 heterocycles. The normalized spacial score (nSPS) is 27.2. The zero-order valence-corrected chi connectivity index (χ0v) is 19.4. The van der Waals surface area contributed by atoms with E-state index < -0.39 is 23.5 Å². The lowest BCUT2D eigenvalue weighted by molar-refractivity contribution is -0.128. The number of hydrogen-bond acceptors (Lipinski definition) is 8. The molecule has 2 unspecified atom stereocenters. The standard InChI is InChI=1S/C25H24N2O8/c1-30-18-8-13(9-19(31-2)22(18)32-3)26-23(28)20-16-6-7-25(35-16)11-27(24(29)21(20)25)14-4-5-15-17(10-14)34-12-33-15/h4-10,16,20-21H,11-12H2,1-3H3,(H,26,28)/t16-,20?,21?,25+/m0/s1. The van der Waals surface area contributed by atoms with Crippen LogP contribution in [0.25, 0.3) is 0 Å². The Labute approximate surface area is 201 Å². The van der Waals surface area contributed by atoms with Crippen molar-refractivity contribution in [2.75, 3.05) is 44.9 Å². The van der Waals surface area contributed by atoms with Crippen molar-refractivity contribution in [1.29, 1.82) is 0 Å². The minimum atomic E-state index is -0.852. The van der Waals surface area contributed by atoms with E-state index in [1.54, 1.807) is 29.2 Å². The van der Waals surface area contributed by atoms with E-state index in [9.17, 15) is 9.59 Å². The Kier molecular flexibility index (Phi) is 4.82. The number of amides is 2. The molecule has 1 spiro atoms. The molecular weight excluding hydrogens is 456 g/mol. The third kappa shape index (κ3) is 3.13. The maximum Gasteiger partial charge on any atom is 0.234 e. The molecule has 4 aliphatic rings. The molecule has 2 aromatic rings. The van der Waals surface area contributed by atoms with E-state index in [1.807, 2.05) is 18.2 Å². The van der Waals surface area contributed by atoms with E-state index >= 15 is 0 Å². The van der Waals surface area contributed by atoms with Crippen LogP contribution in [0.15, 0.2) is 42.5 Å². The lowest BCUT2D eigenvalue weighted by atomic mass is 9.77. The van der Waals surface area contributed by atoms with Gasteiger partial charge in [-0.1, -0.05) is 12.2 Å². The molecule has 1 N–H and O–H groups in total. The molecule has 2 bridgehead atoms. The van der Waals surface area contributed by atoms with Crippen molar-refractivity contribution in [2.45, 2.75) is 11.7 Å². The summed E-state index contributed by atoms with van der Waals surface area (Å²) in [5.41, 5.74) is 0.283. The molecule has 2 saturated heterocycles. The van der Waals surface area contributed by atoms with Crippen molar-refractivity contribution in [2.24, 2.45) is 11.8 Å². The van der Waals surface area contributed by atoms with Gasteiger partial charge in [-0.15, -0.1) is 0 Å². The second-order valence-corrected chi connectivity index (χ2v) is 8.77. The molecule has 0 saturated carbocycles. The van der Waals surface area contributed by atoms with Crippen LogP contribution in [0.1, 0.15) is 0 Å². The Hall–Kier alpha value is -3.92. The number of methoxy groups -OCH3 is 3. The highest BCUT2D eigenvalue weighted by Crippen LogP contribution is 2.53. The number of fused-ring (bicyclic) bond motifs is 2. The minimum Gasteiger partial charge on any atom is -0.493 e. The fourth-order valence-corrected chi connectivity index (χ4v) is 5.45. The molecule has 0 aliphatic carbocycles. The molecular formula is C25H24N2O8. The van der Waals surface area contributed by atoms with E-state index in [4.69, 9.17) is 28.4 Å². The van der Waals surface area contributed by atoms with Gasteiger partial charge in [0.25, 0.3) is 0 Å². The SMILES string of the molecule is COc1cc(NC(=O)C2C3C(=O)N(c4ccc5c(c4)OCO5)C[C@]34C=C[C@@H]2O4)cc(OC)c1OC. The quantitative estimate of drug-likeness (QED) is 0.629. The maximum atomic E-state index is 13.6. The minimum absolute atomic E-state index is 0.149. The molecule has 2 aromatic carbocycles. The highest BCUT2D eigenvalue weighted by atomic mass is 16.7. The lowest BCUT2D eigenvalue weighted by Gasteiger charge is -2.24. The Morgan fingerprint density at radius 3 is 2.51 bits per heavy atom. The van der Waals surface area contributed by atoms with Gasteiger partial charge in [0.2, 0.25) is 24.4 Å². The summed E-state index contributed by atoms with van der Waals surface area (Å²) >= 11 is 0. The predicted molar refractivity (Wildman–Crippen MR) is 123 cm³/mol. The molecule has 0 aromatic heterocycles. The zero-order valence-electron chi connectivity index (χ0n) is 19.4. The van der Waals surface area contributed by atoms with E-state index in [0.29, 0.717) is 46.7 Å². The molecule has 35 heavy (non-hydrogen) atoms. The van der Waals surface area contributed by atoms with Gasteiger partial charge in [0.05, 0.1) is 45.8 Å². The summed E-state index contributed by atoms with van der Waals surface area (Å²) in [6, 6.07) is 8.66. The number of nitrogens with one attached hydrogen (secondary N) is 1. The van der Waals surface area contributed by atoms with Crippen LogP contribution in [0.2, 0.25) is 0 Å². The third-order valence-electron chi connectivity index (χ3n) is 7.00. The first-order valence-electron chi connectivity index (χ1n) is 11.2. The summed E-state index contributed by atoms with van der Waals surface area (Å²) in [6.45, 7) is 0.465. The van der Waals surface area contributed by atoms with E-state index in [2.05, 4.69) is 5.32 Å². The van der Waals surface area contributed by atoms with Crippen molar-refractivity contribution in [3.05, 3.63) is 42.5 Å². The molecule has 4 aliphatic heterocycles. The summed E-state index contributed by atoms with van der Waals surface area (Å²) in [7, 11) is 4.51. The number of hydrogen-bond donors (Lipinski definition) is 1. The van der Waals surface area contributed by atoms with Gasteiger partial charge in [-0.3, -0.25) is 9.59 Å². The number of anilines is 2. The summed E-state index contributed by atoms with van der Waals surface area (Å²) in [5.74, 6) is 0.643. The van der Waals surface area contributed by atoms with Gasteiger partial charge in [0, 0.05) is 29.6 Å². The van der Waals surface area contributed by atoms with Crippen molar-refractivity contribution in [1.82, 2.24) is 0 Å². The van der Waals surface area contributed by atoms with Crippen molar-refractivity contribution >= 4 is 23.2 Å². The smallest absolute Gasteiger partial charge is 0.234 e. The van der Waals surface area contributed by atoms with Gasteiger partial charge < -0.3 is 38.6 Å². The molecule has 2 amide bonds. The van der Waals surface area contributed by atoms with Crippen LogP contribution in [0.4, 0.5) is 11.4 Å². The van der Waals surface area contributed by atoms with Crippen LogP contribution in [0, 0.1) is 11.8 Å². The monoisotopic (exact) mass is 480 g/mol. The molecule has 10 nitrogen and oxygen atoms in total. The number of ether oxygens (including phenoxy) is 6. The van der Waals surface area contributed by atoms with Gasteiger partial charge in [0.1, 0.15) is 5.60 Å². The van der Waals surface area contributed by atoms with Crippen LogP contribution < -0.4 is 33.9 Å². The van der Waals surface area contributed by atoms with Gasteiger partial charge in [0.15, 0.2) is 23.0 Å². The fourth-order valence-electron chi connectivity index (χ4n) is 5.45. The molecule has 10 heteroatoms. The summed E-state index contributed by atoms with van der Waals surface area (Å²) in [4.78, 5) is 28.8. The first-order valence-corrected chi connectivity index (χ1v) is 11.2. The van der Waals surface area contributed by atoms with Crippen LogP contribution in [0.3, 0.4) is 0 Å². The molecule has 0 radical (unpaired) electrons. The van der Waals surface area contributed by atoms with Crippen molar-refractivity contribution in [3.63, 3.8) is 0 Å². The average Bonchev–Trinajstić information content (AvgIpc) is 3.63. The first kappa shape index (κ1) is 21.6. The van der Waals surface area contributed by atoms with Gasteiger partial charge in [-0.05, 0) is 12.1 Å². The summed E-state index contributed by atoms with van der Waals surface area (Å²) < 4.78 is 33.2. The summed E-state index contributed by atoms with van der Waals surface area (Å²) in [5, 5.41) is 2.91. The van der Waals surface area contributed by atoms with Crippen molar-refractivity contribution < 1.29 is 38.0 Å². The topological polar surface area (TPSA) is 105 Å². The van der Waals surface area contributed by atoms with Crippen LogP contribution in [0.5, 0.6) is 28.7 Å². The molecule has 4 atom stereocenters. The molecule has 6 rings (SSSR count). The zero-order chi connectivity index (χ0) is 24.3. The first-order chi connectivity index (χ1) is 17.0. The average molecular weight is 480 g/mol. The van der Waals surface area contributed by atoms with Crippen LogP contribution in [-0.2, 0) is 14.3 Å². The highest BCUT2D eigenvalue weighted by molar-refractivity contribution is 6.05. The second-order valence-electron chi connectivity index (χ2n) is 8.77. The van der Waals surface area contributed by atoms with E-state index in [1.165, 1.54) is 21.3 Å². The summed E-state index contributed by atoms with van der Waals surface area (Å²) in [6.07, 6.45) is 3.30. The molecule has 2 fully saturated rings. The molecule has 182 valence electrons. The van der Waals surface area contributed by atoms with Gasteiger partial charge in [-0.25, -0.2) is 0 Å². The highest BCUT2D eigenvalue weighted by Gasteiger charge is 2.67. The number of carbonyl (C=O) groups is 2. The van der Waals surface area contributed by atoms with E-state index in [0.717, 1.165) is 0 Å². The Balaban J connectivity index is 1.28. The number of carbonyl (C=O) groups excluding carboxylic acids is 2. The van der Waals surface area contributed by atoms with E-state index in [-0.39, 0.29) is 18.6 Å². The third-order valence-corrected chi connectivity index (χ3v) is 7.00. The van der Waals surface area contributed by atoms with Gasteiger partial charge in [-0.2, -0.15) is 0 Å². The Morgan fingerprint density at radius 1 is 1.06 bits per heavy atom. The van der Waals surface area contributed by atoms with Crippen molar-refractivity contribution in [3.8, 4) is 28.7 Å². The van der Waals surface area contributed by atoms with Crippen LogP contribution in [-0.4, -0.2) is 58.2 Å². The lowest BCUT2D eigenvalue weighted by Crippen LogP contribution is -2.41. The largest absolute Gasteiger partial charge is 0.493 e. The number of nitrogens with zero attached hydrogens (tertiary/aromatic N) is 1.